The van der Waals surface area contributed by atoms with E-state index in [1.165, 1.54) is 38.5 Å². The van der Waals surface area contributed by atoms with Gasteiger partial charge in [0.15, 0.2) is 0 Å². The summed E-state index contributed by atoms with van der Waals surface area (Å²) in [6.07, 6.45) is 9.79. The third kappa shape index (κ3) is 2.86. The molecule has 0 aromatic rings. The van der Waals surface area contributed by atoms with Crippen LogP contribution in [0.1, 0.15) is 51.4 Å². The maximum atomic E-state index is 12.8. The van der Waals surface area contributed by atoms with E-state index in [-0.39, 0.29) is 12.1 Å². The van der Waals surface area contributed by atoms with Crippen molar-refractivity contribution in [2.24, 2.45) is 5.92 Å². The Morgan fingerprint density at radius 1 is 1.15 bits per heavy atom. The van der Waals surface area contributed by atoms with Crippen LogP contribution in [-0.4, -0.2) is 49.2 Å². The third-order valence-electron chi connectivity index (χ3n) is 5.45. The smallest absolute Gasteiger partial charge is 0.240 e. The number of likely N-dealkylation sites (N-methyl/N-ethyl adjacent to an activating group) is 1. The molecule has 4 heteroatoms. The fourth-order valence-electron chi connectivity index (χ4n) is 4.30. The zero-order valence-corrected chi connectivity index (χ0v) is 12.6. The summed E-state index contributed by atoms with van der Waals surface area (Å²) in [6, 6.07) is 0.496. The van der Waals surface area contributed by atoms with Crippen LogP contribution in [0.4, 0.5) is 0 Å². The van der Waals surface area contributed by atoms with Gasteiger partial charge in [0.25, 0.3) is 0 Å². The van der Waals surface area contributed by atoms with Crippen LogP contribution in [0.2, 0.25) is 0 Å². The molecule has 3 aliphatic rings. The van der Waals surface area contributed by atoms with Gasteiger partial charge in [0.2, 0.25) is 5.91 Å². The number of carbonyl (C=O) groups excluding carboxylic acids is 1. The van der Waals surface area contributed by atoms with E-state index in [1.807, 2.05) is 7.05 Å². The Balaban J connectivity index is 1.73. The van der Waals surface area contributed by atoms with Gasteiger partial charge in [-0.2, -0.15) is 0 Å². The Morgan fingerprint density at radius 2 is 2.05 bits per heavy atom. The molecule has 0 bridgehead atoms. The summed E-state index contributed by atoms with van der Waals surface area (Å²) < 4.78 is 5.87. The van der Waals surface area contributed by atoms with E-state index in [9.17, 15) is 4.79 Å². The van der Waals surface area contributed by atoms with Gasteiger partial charge in [-0.25, -0.2) is 0 Å². The second-order valence-corrected chi connectivity index (χ2v) is 6.66. The number of likely N-dealkylation sites (tertiary alicyclic amines) is 1. The van der Waals surface area contributed by atoms with Gasteiger partial charge in [-0.15, -0.1) is 0 Å². The molecule has 0 aromatic heterocycles. The Bertz CT molecular complexity index is 341. The van der Waals surface area contributed by atoms with Crippen molar-refractivity contribution in [1.82, 2.24) is 10.2 Å². The largest absolute Gasteiger partial charge is 0.376 e. The number of rotatable bonds is 3. The molecule has 0 radical (unpaired) electrons. The second kappa shape index (κ2) is 6.44. The second-order valence-electron chi connectivity index (χ2n) is 6.66. The Kier molecular flexibility index (Phi) is 4.61. The predicted octanol–water partition coefficient (Wildman–Crippen LogP) is 1.93. The number of hydrogen-bond acceptors (Lipinski definition) is 3. The first kappa shape index (κ1) is 14.3. The van der Waals surface area contributed by atoms with Crippen molar-refractivity contribution in [3.8, 4) is 0 Å². The van der Waals surface area contributed by atoms with E-state index in [0.717, 1.165) is 31.9 Å². The monoisotopic (exact) mass is 280 g/mol. The quantitative estimate of drug-likeness (QED) is 0.859. The average molecular weight is 280 g/mol. The highest BCUT2D eigenvalue weighted by molar-refractivity contribution is 5.82. The summed E-state index contributed by atoms with van der Waals surface area (Å²) in [5.41, 5.74) is 0. The SMILES string of the molecule is CNC1CCC2CCCC2N(CC2CCCCO2)C1=O. The normalized spacial score (nSPS) is 38.6. The number of nitrogens with zero attached hydrogens (tertiary/aromatic N) is 1. The van der Waals surface area contributed by atoms with Crippen LogP contribution < -0.4 is 5.32 Å². The van der Waals surface area contributed by atoms with E-state index in [2.05, 4.69) is 10.2 Å². The molecular formula is C16H28N2O2. The van der Waals surface area contributed by atoms with E-state index >= 15 is 0 Å². The summed E-state index contributed by atoms with van der Waals surface area (Å²) in [7, 11) is 1.92. The predicted molar refractivity (Wildman–Crippen MR) is 78.5 cm³/mol. The minimum atomic E-state index is 0.0178. The van der Waals surface area contributed by atoms with Gasteiger partial charge in [0.05, 0.1) is 12.1 Å². The van der Waals surface area contributed by atoms with Crippen molar-refractivity contribution >= 4 is 5.91 Å². The number of carbonyl (C=O) groups is 1. The highest BCUT2D eigenvalue weighted by Gasteiger charge is 2.41. The molecule has 1 saturated carbocycles. The fourth-order valence-corrected chi connectivity index (χ4v) is 4.30. The molecule has 1 N–H and O–H groups in total. The van der Waals surface area contributed by atoms with Crippen molar-refractivity contribution in [3.05, 3.63) is 0 Å². The molecule has 0 spiro atoms. The molecule has 3 fully saturated rings. The standard InChI is InChI=1S/C16H28N2O2/c1-17-14-9-8-12-5-4-7-15(12)18(16(14)19)11-13-6-2-3-10-20-13/h12-15,17H,2-11H2,1H3. The molecule has 114 valence electrons. The lowest BCUT2D eigenvalue weighted by Crippen LogP contribution is -2.51. The lowest BCUT2D eigenvalue weighted by Gasteiger charge is -2.36. The van der Waals surface area contributed by atoms with Gasteiger partial charge >= 0.3 is 0 Å². The first-order chi connectivity index (χ1) is 9.79. The maximum Gasteiger partial charge on any atom is 0.240 e. The molecule has 4 atom stereocenters. The highest BCUT2D eigenvalue weighted by atomic mass is 16.5. The Labute approximate surface area is 122 Å². The van der Waals surface area contributed by atoms with E-state index < -0.39 is 0 Å². The lowest BCUT2D eigenvalue weighted by molar-refractivity contribution is -0.138. The van der Waals surface area contributed by atoms with Gasteiger partial charge in [-0.05, 0) is 57.9 Å². The van der Waals surface area contributed by atoms with Crippen LogP contribution >= 0.6 is 0 Å². The molecule has 4 unspecified atom stereocenters. The van der Waals surface area contributed by atoms with Crippen molar-refractivity contribution in [3.63, 3.8) is 0 Å². The van der Waals surface area contributed by atoms with E-state index in [0.29, 0.717) is 11.9 Å². The molecule has 20 heavy (non-hydrogen) atoms. The summed E-state index contributed by atoms with van der Waals surface area (Å²) in [5, 5.41) is 3.22. The van der Waals surface area contributed by atoms with Crippen LogP contribution in [0.15, 0.2) is 0 Å². The zero-order valence-electron chi connectivity index (χ0n) is 12.6. The van der Waals surface area contributed by atoms with Crippen molar-refractivity contribution in [2.75, 3.05) is 20.2 Å². The molecule has 4 nitrogen and oxygen atoms in total. The number of fused-ring (bicyclic) bond motifs is 1. The van der Waals surface area contributed by atoms with Crippen molar-refractivity contribution in [1.29, 1.82) is 0 Å². The third-order valence-corrected chi connectivity index (χ3v) is 5.45. The van der Waals surface area contributed by atoms with Crippen LogP contribution in [0.25, 0.3) is 0 Å². The van der Waals surface area contributed by atoms with Gasteiger partial charge in [0, 0.05) is 19.2 Å². The fraction of sp³-hybridized carbons (Fsp3) is 0.938. The van der Waals surface area contributed by atoms with E-state index in [4.69, 9.17) is 4.74 Å². The first-order valence-electron chi connectivity index (χ1n) is 8.39. The van der Waals surface area contributed by atoms with E-state index in [1.54, 1.807) is 0 Å². The van der Waals surface area contributed by atoms with Gasteiger partial charge in [0.1, 0.15) is 0 Å². The topological polar surface area (TPSA) is 41.6 Å². The average Bonchev–Trinajstić information content (AvgIpc) is 2.90. The molecule has 2 saturated heterocycles. The summed E-state index contributed by atoms with van der Waals surface area (Å²) in [6.45, 7) is 1.69. The Morgan fingerprint density at radius 3 is 2.80 bits per heavy atom. The van der Waals surface area contributed by atoms with Crippen LogP contribution in [0, 0.1) is 5.92 Å². The number of hydrogen-bond donors (Lipinski definition) is 1. The number of amides is 1. The van der Waals surface area contributed by atoms with Crippen LogP contribution in [0.5, 0.6) is 0 Å². The summed E-state index contributed by atoms with van der Waals surface area (Å²) in [4.78, 5) is 15.0. The summed E-state index contributed by atoms with van der Waals surface area (Å²) in [5.74, 6) is 1.04. The van der Waals surface area contributed by atoms with Gasteiger partial charge in [-0.1, -0.05) is 6.42 Å². The minimum absolute atomic E-state index is 0.0178. The zero-order chi connectivity index (χ0) is 13.9. The Hall–Kier alpha value is -0.610. The summed E-state index contributed by atoms with van der Waals surface area (Å²) >= 11 is 0. The molecule has 1 amide bonds. The maximum absolute atomic E-state index is 12.8. The van der Waals surface area contributed by atoms with Crippen molar-refractivity contribution < 1.29 is 9.53 Å². The molecule has 0 aromatic carbocycles. The van der Waals surface area contributed by atoms with Crippen molar-refractivity contribution in [2.45, 2.75) is 69.6 Å². The molecule has 2 heterocycles. The van der Waals surface area contributed by atoms with Crippen LogP contribution in [0.3, 0.4) is 0 Å². The molecule has 3 rings (SSSR count). The first-order valence-corrected chi connectivity index (χ1v) is 8.39. The number of ether oxygens (including phenoxy) is 1. The lowest BCUT2D eigenvalue weighted by atomic mass is 9.97. The number of nitrogens with one attached hydrogen (secondary N) is 1. The molecule has 2 aliphatic heterocycles. The van der Waals surface area contributed by atoms with Crippen LogP contribution in [-0.2, 0) is 9.53 Å². The highest BCUT2D eigenvalue weighted by Crippen LogP contribution is 2.37. The molecular weight excluding hydrogens is 252 g/mol. The minimum Gasteiger partial charge on any atom is -0.376 e. The van der Waals surface area contributed by atoms with Gasteiger partial charge in [-0.3, -0.25) is 4.79 Å². The van der Waals surface area contributed by atoms with Gasteiger partial charge < -0.3 is 15.0 Å². The molecule has 1 aliphatic carbocycles.